The van der Waals surface area contributed by atoms with Gasteiger partial charge in [-0.3, -0.25) is 0 Å². The molecule has 0 heterocycles. The summed E-state index contributed by atoms with van der Waals surface area (Å²) in [6, 6.07) is 1.85. The van der Waals surface area contributed by atoms with E-state index in [1.807, 2.05) is 0 Å². The van der Waals surface area contributed by atoms with Crippen molar-refractivity contribution in [3.05, 3.63) is 0 Å². The summed E-state index contributed by atoms with van der Waals surface area (Å²) in [5.74, 6) is 0. The summed E-state index contributed by atoms with van der Waals surface area (Å²) < 4.78 is 215. The van der Waals surface area contributed by atoms with Crippen LogP contribution in [0.5, 0.6) is 0 Å². The summed E-state index contributed by atoms with van der Waals surface area (Å²) in [6.07, 6.45) is 1.76. The van der Waals surface area contributed by atoms with Gasteiger partial charge in [0.2, 0.25) is 0 Å². The van der Waals surface area contributed by atoms with Crippen LogP contribution in [0.1, 0.15) is 12.8 Å². The van der Waals surface area contributed by atoms with Crippen molar-refractivity contribution < 1.29 is 167 Å². The van der Waals surface area contributed by atoms with Crippen molar-refractivity contribution in [1.29, 1.82) is 0 Å². The molecule has 788 valence electrons. The number of aliphatic hydroxyl groups is 2. The summed E-state index contributed by atoms with van der Waals surface area (Å²) in [4.78, 5) is 0. The van der Waals surface area contributed by atoms with Gasteiger partial charge in [-0.25, -0.2) is 0 Å². The van der Waals surface area contributed by atoms with Gasteiger partial charge in [0.1, 0.15) is 0 Å². The van der Waals surface area contributed by atoms with Gasteiger partial charge in [-0.1, -0.05) is 0 Å². The summed E-state index contributed by atoms with van der Waals surface area (Å²) in [5.41, 5.74) is 0. The Labute approximate surface area is 809 Å². The average molecular weight is 2170 g/mol. The van der Waals surface area contributed by atoms with Gasteiger partial charge >= 0.3 is 120 Å². The van der Waals surface area contributed by atoms with Crippen molar-refractivity contribution in [3.63, 3.8) is 0 Å². The Hall–Kier alpha value is 1.99. The Balaban J connectivity index is 4.75. The van der Waals surface area contributed by atoms with E-state index >= 15 is 0 Å². The maximum absolute atomic E-state index is 8.68. The maximum atomic E-state index is 8.68. The molecule has 0 saturated carbocycles. The fourth-order valence-electron chi connectivity index (χ4n) is 14.9. The lowest BCUT2D eigenvalue weighted by Crippen LogP contribution is -2.63. The Bertz CT molecular complexity index is 2580. The van der Waals surface area contributed by atoms with E-state index in [4.69, 9.17) is 167 Å². The van der Waals surface area contributed by atoms with Gasteiger partial charge in [0.05, 0.1) is 264 Å². The first-order valence-corrected chi connectivity index (χ1v) is 92.7. The lowest BCUT2D eigenvalue weighted by atomic mass is 10.5. The SMILES string of the molecule is C[Si](C)(CCCOCCOCCOCCOCCOCCOCCOCCOCCOCCOCCO)O[Si](C)(C)O[Si](C)(C)O[Si](C)(C)O[Si](C)(C)O[Si](C)(C)O[Si](C)(C)O[Si](C)(C)O[Si](C)(C)O[Si](C)(C)O[Si](C)(C)O[Si](C)(C)O[Si](C)(C)O[Si](C)(C)O[Si](C)(C)O[Si](C)(C)CCCOCCOCCOCCOCCOCCOCCOCCOCCOCCOCCO. The van der Waals surface area contributed by atoms with Crippen molar-refractivity contribution in [3.8, 4) is 0 Å². The van der Waals surface area contributed by atoms with Crippen LogP contribution in [-0.2, 0) is 156 Å². The lowest BCUT2D eigenvalue weighted by Gasteiger charge is -2.45. The summed E-state index contributed by atoms with van der Waals surface area (Å²) in [6.45, 7) is 86.2. The molecule has 0 aliphatic rings. The van der Waals surface area contributed by atoms with E-state index in [0.29, 0.717) is 264 Å². The minimum atomic E-state index is -2.90. The number of aliphatic hydroxyl groups excluding tert-OH is 2. The molecule has 131 heavy (non-hydrogen) atoms. The third-order valence-electron chi connectivity index (χ3n) is 16.7. The highest BCUT2D eigenvalue weighted by atomic mass is 28.5. The van der Waals surface area contributed by atoms with Crippen LogP contribution in [-0.4, -0.2) is 424 Å². The molecule has 0 saturated heterocycles. The molecule has 0 atom stereocenters. The highest BCUT2D eigenvalue weighted by molar-refractivity contribution is 6.95. The highest BCUT2D eigenvalue weighted by Crippen LogP contribution is 2.35. The fraction of sp³-hybridized carbons (Fsp3) is 1.00. The van der Waals surface area contributed by atoms with Gasteiger partial charge in [0.15, 0.2) is 16.6 Å². The zero-order valence-corrected chi connectivity index (χ0v) is 104. The summed E-state index contributed by atoms with van der Waals surface area (Å²) in [7, 11) is -43.9. The van der Waals surface area contributed by atoms with Gasteiger partial charge in [0.25, 0.3) is 0 Å². The van der Waals surface area contributed by atoms with E-state index in [1.165, 1.54) is 0 Å². The van der Waals surface area contributed by atoms with Crippen LogP contribution < -0.4 is 0 Å². The molecular weight excluding hydrogens is 1980 g/mol. The zero-order chi connectivity index (χ0) is 99.3. The third-order valence-corrected chi connectivity index (χ3v) is 79.3. The van der Waals surface area contributed by atoms with Gasteiger partial charge in [-0.2, -0.15) is 0 Å². The topological polar surface area (TPSA) is 364 Å². The molecule has 0 radical (unpaired) electrons. The minimum Gasteiger partial charge on any atom is -0.436 e. The van der Waals surface area contributed by atoms with Gasteiger partial charge in [-0.05, 0) is 234 Å². The Morgan fingerprint density at radius 3 is 0.298 bits per heavy atom. The molecule has 0 spiro atoms. The number of hydrogen-bond donors (Lipinski definition) is 2. The van der Waals surface area contributed by atoms with Crippen LogP contribution in [0, 0.1) is 0 Å². The molecule has 37 nitrogen and oxygen atoms in total. The molecule has 0 fully saturated rings. The number of ether oxygens (including phenoxy) is 20. The van der Waals surface area contributed by atoms with Crippen molar-refractivity contribution in [2.75, 3.05) is 277 Å². The second-order valence-electron chi connectivity index (χ2n) is 38.5. The maximum Gasteiger partial charge on any atom is 0.314 e. The first-order valence-electron chi connectivity index (χ1n) is 47.0. The van der Waals surface area contributed by atoms with Gasteiger partial charge < -0.3 is 167 Å². The monoisotopic (exact) mass is 2170 g/mol. The van der Waals surface area contributed by atoms with Crippen molar-refractivity contribution in [1.82, 2.24) is 0 Å². The molecule has 0 aromatic carbocycles. The number of rotatable bonds is 96. The fourth-order valence-corrected chi connectivity index (χ4v) is 97.5. The van der Waals surface area contributed by atoms with Gasteiger partial charge in [0, 0.05) is 13.2 Å². The predicted octanol–water partition coefficient (Wildman–Crippen LogP) is 12.6. The van der Waals surface area contributed by atoms with E-state index in [-0.39, 0.29) is 13.2 Å². The molecule has 53 heteroatoms. The van der Waals surface area contributed by atoms with Gasteiger partial charge in [-0.15, -0.1) is 0 Å². The largest absolute Gasteiger partial charge is 0.436 e. The van der Waals surface area contributed by atoms with Crippen LogP contribution in [0.2, 0.25) is 222 Å². The first-order chi connectivity index (χ1) is 60.7. The lowest BCUT2D eigenvalue weighted by molar-refractivity contribution is -0.0268. The molecule has 0 aliphatic carbocycles. The van der Waals surface area contributed by atoms with E-state index in [9.17, 15) is 0 Å². The molecule has 0 aliphatic heterocycles. The minimum absolute atomic E-state index is 0.0121. The normalized spacial score (nSPS) is 14.1. The second-order valence-corrected chi connectivity index (χ2v) is 98.0. The Morgan fingerprint density at radius 2 is 0.198 bits per heavy atom. The van der Waals surface area contributed by atoms with Crippen LogP contribution in [0.25, 0.3) is 0 Å². The zero-order valence-electron chi connectivity index (χ0n) is 87.7. The molecular formula is C78H190O37Si16. The molecule has 0 aromatic rings. The van der Waals surface area contributed by atoms with E-state index in [0.717, 1.165) is 24.9 Å². The molecule has 0 unspecified atom stereocenters. The molecule has 0 amide bonds. The van der Waals surface area contributed by atoms with Crippen LogP contribution in [0.3, 0.4) is 0 Å². The summed E-state index contributed by atoms with van der Waals surface area (Å²) in [5, 5.41) is 17.4. The van der Waals surface area contributed by atoms with E-state index in [1.54, 1.807) is 0 Å². The quantitative estimate of drug-likeness (QED) is 0.0422. The van der Waals surface area contributed by atoms with Crippen LogP contribution >= 0.6 is 0 Å². The third kappa shape index (κ3) is 85.0. The molecule has 0 bridgehead atoms. The predicted molar refractivity (Wildman–Crippen MR) is 545 cm³/mol. The van der Waals surface area contributed by atoms with Crippen molar-refractivity contribution in [2.24, 2.45) is 0 Å². The second kappa shape index (κ2) is 70.7. The number of hydrogen-bond acceptors (Lipinski definition) is 37. The highest BCUT2D eigenvalue weighted by Gasteiger charge is 2.54. The van der Waals surface area contributed by atoms with Crippen LogP contribution in [0.15, 0.2) is 0 Å². The van der Waals surface area contributed by atoms with E-state index in [2.05, 4.69) is 210 Å². The van der Waals surface area contributed by atoms with Crippen LogP contribution in [0.4, 0.5) is 0 Å². The first kappa shape index (κ1) is 133. The van der Waals surface area contributed by atoms with Crippen molar-refractivity contribution in [2.45, 2.75) is 234 Å². The standard InChI is InChI=1S/C78H190O37Si16/c1-116(2,77-33-37-81-41-45-85-49-53-89-57-61-93-65-69-97-73-75-99-71-67-95-63-59-91-55-51-87-47-43-83-39-35-79)101-118(5,6)103-120(9,10)105-122(13,14)107-124(17,18)109-126(21,22)111-128(25,26)113-130(29,30)115-131(31,32)114-129(27,28)112-127(23,24)110-125(19,20)108-123(15,16)106-121(11,12)104-119(7,8)102-117(3,4)78-34-38-82-42-46-86-50-54-90-58-62-94-66-70-98-74-76-100-72-68-96-64-60-92-56-52-88-48-44-84-40-36-80/h79-80H,33-78H2,1-32H3. The average Bonchev–Trinajstić information content (AvgIpc) is 0.814. The molecule has 0 rings (SSSR count). The Kier molecular flexibility index (Phi) is 71.8. The Morgan fingerprint density at radius 1 is 0.115 bits per heavy atom. The molecule has 2 N–H and O–H groups in total. The van der Waals surface area contributed by atoms with E-state index < -0.39 is 136 Å². The van der Waals surface area contributed by atoms with Crippen molar-refractivity contribution >= 4 is 136 Å². The summed E-state index contributed by atoms with van der Waals surface area (Å²) >= 11 is 0. The smallest absolute Gasteiger partial charge is 0.314 e. The molecule has 0 aromatic heterocycles.